The summed E-state index contributed by atoms with van der Waals surface area (Å²) in [5.74, 6) is -0.551. The number of fused-ring (bicyclic) bond motifs is 2. The van der Waals surface area contributed by atoms with Crippen molar-refractivity contribution >= 4 is 39.4 Å². The van der Waals surface area contributed by atoms with E-state index in [0.717, 1.165) is 33.7 Å². The average Bonchev–Trinajstić information content (AvgIpc) is 3.35. The van der Waals surface area contributed by atoms with Crippen LogP contribution in [0.25, 0.3) is 27.3 Å². The molecule has 0 spiro atoms. The number of hydrogen-bond acceptors (Lipinski definition) is 8. The van der Waals surface area contributed by atoms with Crippen LogP contribution in [-0.4, -0.2) is 48.9 Å². The Balaban J connectivity index is 1.99. The predicted octanol–water partition coefficient (Wildman–Crippen LogP) is 3.99. The molecule has 0 radical (unpaired) electrons. The van der Waals surface area contributed by atoms with Crippen LogP contribution in [0.3, 0.4) is 0 Å². The molecular formula is C20H21N5O4S. The average molecular weight is 427 g/mol. The summed E-state index contributed by atoms with van der Waals surface area (Å²) in [7, 11) is 1.29. The number of nitrogens with zero attached hydrogens (tertiary/aromatic N) is 5. The Kier molecular flexibility index (Phi) is 4.61. The fourth-order valence-electron chi connectivity index (χ4n) is 3.20. The molecule has 9 nitrogen and oxygen atoms in total. The fourth-order valence-corrected chi connectivity index (χ4v) is 4.17. The van der Waals surface area contributed by atoms with Gasteiger partial charge in [-0.05, 0) is 51.8 Å². The van der Waals surface area contributed by atoms with Crippen molar-refractivity contribution in [2.45, 2.75) is 40.2 Å². The highest BCUT2D eigenvalue weighted by molar-refractivity contribution is 7.20. The maximum absolute atomic E-state index is 13.2. The maximum Gasteiger partial charge on any atom is 0.420 e. The van der Waals surface area contributed by atoms with E-state index in [1.54, 1.807) is 31.4 Å². The van der Waals surface area contributed by atoms with Gasteiger partial charge in [-0.2, -0.15) is 5.10 Å². The second-order valence-electron chi connectivity index (χ2n) is 7.87. The Morgan fingerprint density at radius 1 is 1.17 bits per heavy atom. The summed E-state index contributed by atoms with van der Waals surface area (Å²) in [5.41, 5.74) is 3.87. The van der Waals surface area contributed by atoms with Crippen LogP contribution in [0.15, 0.2) is 18.6 Å². The Morgan fingerprint density at radius 3 is 2.57 bits per heavy atom. The van der Waals surface area contributed by atoms with Gasteiger partial charge in [0.1, 0.15) is 22.3 Å². The molecule has 30 heavy (non-hydrogen) atoms. The van der Waals surface area contributed by atoms with Crippen LogP contribution in [0.2, 0.25) is 0 Å². The number of aromatic nitrogens is 5. The van der Waals surface area contributed by atoms with Gasteiger partial charge in [-0.25, -0.2) is 28.6 Å². The number of thiazole rings is 1. The summed E-state index contributed by atoms with van der Waals surface area (Å²) < 4.78 is 13.5. The van der Waals surface area contributed by atoms with E-state index in [1.807, 2.05) is 20.0 Å². The Labute approximate surface area is 176 Å². The molecule has 0 aromatic carbocycles. The Morgan fingerprint density at radius 2 is 1.90 bits per heavy atom. The SMILES string of the molecule is COC(=O)c1nc2cc(-c3cn4ncnc4c(C)c3C)n(C(=O)OC(C)(C)C)c2s1. The minimum absolute atomic E-state index is 0.172. The lowest BCUT2D eigenvalue weighted by molar-refractivity contribution is 0.0545. The third-order valence-electron chi connectivity index (χ3n) is 4.69. The molecule has 0 saturated heterocycles. The highest BCUT2D eigenvalue weighted by Crippen LogP contribution is 2.35. The number of carbonyl (C=O) groups excluding carboxylic acids is 2. The van der Waals surface area contributed by atoms with Gasteiger partial charge in [0.2, 0.25) is 5.01 Å². The van der Waals surface area contributed by atoms with E-state index in [9.17, 15) is 9.59 Å². The summed E-state index contributed by atoms with van der Waals surface area (Å²) in [6.45, 7) is 9.32. The van der Waals surface area contributed by atoms with Gasteiger partial charge in [-0.1, -0.05) is 11.3 Å². The van der Waals surface area contributed by atoms with E-state index >= 15 is 0 Å². The van der Waals surface area contributed by atoms with E-state index < -0.39 is 17.7 Å². The van der Waals surface area contributed by atoms with Crippen molar-refractivity contribution < 1.29 is 19.1 Å². The number of carbonyl (C=O) groups is 2. The van der Waals surface area contributed by atoms with Gasteiger partial charge in [0.15, 0.2) is 5.65 Å². The van der Waals surface area contributed by atoms with Gasteiger partial charge in [0.05, 0.1) is 12.8 Å². The summed E-state index contributed by atoms with van der Waals surface area (Å²) in [6, 6.07) is 1.77. The smallest absolute Gasteiger partial charge is 0.420 e. The van der Waals surface area contributed by atoms with Gasteiger partial charge < -0.3 is 9.47 Å². The Hall–Kier alpha value is -3.27. The first-order valence-electron chi connectivity index (χ1n) is 9.24. The number of aryl methyl sites for hydroxylation is 1. The number of ether oxygens (including phenoxy) is 2. The van der Waals surface area contributed by atoms with Crippen LogP contribution in [0.5, 0.6) is 0 Å². The van der Waals surface area contributed by atoms with Crippen molar-refractivity contribution in [2.75, 3.05) is 7.11 Å². The molecule has 4 aromatic rings. The first-order chi connectivity index (χ1) is 14.1. The molecule has 4 rings (SSSR count). The first-order valence-corrected chi connectivity index (χ1v) is 10.1. The normalized spacial score (nSPS) is 11.9. The molecule has 0 unspecified atom stereocenters. The van der Waals surface area contributed by atoms with Crippen molar-refractivity contribution in [3.05, 3.63) is 34.7 Å². The zero-order valence-corrected chi connectivity index (χ0v) is 18.3. The zero-order chi connectivity index (χ0) is 21.8. The van der Waals surface area contributed by atoms with Crippen molar-refractivity contribution in [1.82, 2.24) is 24.1 Å². The monoisotopic (exact) mass is 427 g/mol. The topological polar surface area (TPSA) is 101 Å². The van der Waals surface area contributed by atoms with Crippen LogP contribution in [0.4, 0.5) is 4.79 Å². The lowest BCUT2D eigenvalue weighted by Crippen LogP contribution is -2.27. The summed E-state index contributed by atoms with van der Waals surface area (Å²) in [6.07, 6.45) is 2.76. The van der Waals surface area contributed by atoms with Gasteiger partial charge in [-0.15, -0.1) is 0 Å². The molecule has 0 atom stereocenters. The minimum atomic E-state index is -0.693. The van der Waals surface area contributed by atoms with Crippen LogP contribution >= 0.6 is 11.3 Å². The standard InChI is InChI=1S/C20H21N5O4S/c1-10-11(2)15-21-9-22-24(15)8-12(10)14-7-13-17(30-16(23-13)18(26)28-6)25(14)19(27)29-20(3,4)5/h7-9H,1-6H3. The van der Waals surface area contributed by atoms with Gasteiger partial charge in [0.25, 0.3) is 0 Å². The van der Waals surface area contributed by atoms with Crippen LogP contribution in [0, 0.1) is 13.8 Å². The summed E-state index contributed by atoms with van der Waals surface area (Å²) in [4.78, 5) is 34.2. The molecule has 4 aromatic heterocycles. The van der Waals surface area contributed by atoms with Crippen molar-refractivity contribution in [2.24, 2.45) is 0 Å². The molecule has 156 valence electrons. The lowest BCUT2D eigenvalue weighted by Gasteiger charge is -2.21. The van der Waals surface area contributed by atoms with E-state index in [1.165, 1.54) is 18.0 Å². The van der Waals surface area contributed by atoms with Crippen LogP contribution in [0.1, 0.15) is 41.7 Å². The molecule has 0 amide bonds. The Bertz CT molecular complexity index is 1310. The predicted molar refractivity (Wildman–Crippen MR) is 112 cm³/mol. The van der Waals surface area contributed by atoms with E-state index in [0.29, 0.717) is 16.0 Å². The fraction of sp³-hybridized carbons (Fsp3) is 0.350. The van der Waals surface area contributed by atoms with E-state index in [4.69, 9.17) is 9.47 Å². The minimum Gasteiger partial charge on any atom is -0.464 e. The number of hydrogen-bond donors (Lipinski definition) is 0. The molecule has 0 aliphatic rings. The van der Waals surface area contributed by atoms with E-state index in [-0.39, 0.29) is 5.01 Å². The molecule has 4 heterocycles. The van der Waals surface area contributed by atoms with Crippen LogP contribution in [-0.2, 0) is 9.47 Å². The molecule has 0 saturated carbocycles. The molecule has 0 fully saturated rings. The lowest BCUT2D eigenvalue weighted by atomic mass is 10.0. The highest BCUT2D eigenvalue weighted by Gasteiger charge is 2.27. The molecular weight excluding hydrogens is 406 g/mol. The van der Waals surface area contributed by atoms with Crippen LogP contribution < -0.4 is 0 Å². The second-order valence-corrected chi connectivity index (χ2v) is 8.84. The number of rotatable bonds is 2. The largest absolute Gasteiger partial charge is 0.464 e. The first kappa shape index (κ1) is 20.0. The number of pyridine rings is 1. The molecule has 0 aliphatic heterocycles. The quantitative estimate of drug-likeness (QED) is 0.446. The van der Waals surface area contributed by atoms with Gasteiger partial charge in [0, 0.05) is 11.8 Å². The summed E-state index contributed by atoms with van der Waals surface area (Å²) in [5, 5.41) is 4.41. The van der Waals surface area contributed by atoms with Crippen molar-refractivity contribution in [3.8, 4) is 11.3 Å². The molecule has 0 N–H and O–H groups in total. The number of esters is 1. The van der Waals surface area contributed by atoms with E-state index in [2.05, 4.69) is 15.1 Å². The van der Waals surface area contributed by atoms with Crippen molar-refractivity contribution in [3.63, 3.8) is 0 Å². The molecule has 0 aliphatic carbocycles. The number of methoxy groups -OCH3 is 1. The molecule has 10 heteroatoms. The van der Waals surface area contributed by atoms with Gasteiger partial charge >= 0.3 is 12.1 Å². The molecule has 0 bridgehead atoms. The van der Waals surface area contributed by atoms with Gasteiger partial charge in [-0.3, -0.25) is 0 Å². The summed E-state index contributed by atoms with van der Waals surface area (Å²) >= 11 is 1.08. The zero-order valence-electron chi connectivity index (χ0n) is 17.5. The third-order valence-corrected chi connectivity index (χ3v) is 5.73. The third kappa shape index (κ3) is 3.22. The maximum atomic E-state index is 13.2. The highest BCUT2D eigenvalue weighted by atomic mass is 32.1. The van der Waals surface area contributed by atoms with Crippen molar-refractivity contribution in [1.29, 1.82) is 0 Å². The second kappa shape index (κ2) is 6.91.